The molecule has 18 heavy (non-hydrogen) atoms. The van der Waals surface area contributed by atoms with Crippen LogP contribution in [0.15, 0.2) is 0 Å². The second-order valence-corrected chi connectivity index (χ2v) is 6.36. The molecule has 1 saturated carbocycles. The van der Waals surface area contributed by atoms with Gasteiger partial charge in [0, 0.05) is 19.0 Å². The monoisotopic (exact) mass is 254 g/mol. The Kier molecular flexibility index (Phi) is 6.69. The van der Waals surface area contributed by atoms with Crippen molar-refractivity contribution >= 4 is 5.91 Å². The number of nitrogens with one attached hydrogen (secondary N) is 2. The Hall–Kier alpha value is -0.570. The zero-order valence-corrected chi connectivity index (χ0v) is 12.3. The maximum absolute atomic E-state index is 11.7. The zero-order chi connectivity index (χ0) is 13.4. The van der Waals surface area contributed by atoms with E-state index in [0.717, 1.165) is 19.5 Å². The highest BCUT2D eigenvalue weighted by Crippen LogP contribution is 2.34. The Bertz CT molecular complexity index is 245. The smallest absolute Gasteiger partial charge is 0.220 e. The Morgan fingerprint density at radius 3 is 2.50 bits per heavy atom. The summed E-state index contributed by atoms with van der Waals surface area (Å²) in [7, 11) is 0. The van der Waals surface area contributed by atoms with Crippen molar-refractivity contribution < 1.29 is 4.79 Å². The molecule has 1 amide bonds. The van der Waals surface area contributed by atoms with Crippen LogP contribution in [0, 0.1) is 5.41 Å². The lowest BCUT2D eigenvalue weighted by Crippen LogP contribution is -2.37. The summed E-state index contributed by atoms with van der Waals surface area (Å²) >= 11 is 0. The Morgan fingerprint density at radius 2 is 1.89 bits per heavy atom. The predicted molar refractivity (Wildman–Crippen MR) is 76.6 cm³/mol. The van der Waals surface area contributed by atoms with Gasteiger partial charge in [-0.2, -0.15) is 0 Å². The number of carbonyl (C=O) groups excluding carboxylic acids is 1. The fraction of sp³-hybridized carbons (Fsp3) is 0.933. The maximum Gasteiger partial charge on any atom is 0.220 e. The third kappa shape index (κ3) is 6.39. The molecule has 0 bridgehead atoms. The molecule has 0 unspecified atom stereocenters. The van der Waals surface area contributed by atoms with E-state index in [1.54, 1.807) is 0 Å². The summed E-state index contributed by atoms with van der Waals surface area (Å²) in [6.45, 7) is 8.37. The fourth-order valence-corrected chi connectivity index (χ4v) is 2.62. The fourth-order valence-electron chi connectivity index (χ4n) is 2.62. The van der Waals surface area contributed by atoms with Crippen molar-refractivity contribution in [2.75, 3.05) is 13.1 Å². The first-order valence-corrected chi connectivity index (χ1v) is 7.52. The molecule has 1 rings (SSSR count). The van der Waals surface area contributed by atoms with Gasteiger partial charge < -0.3 is 10.6 Å². The Labute approximate surface area is 112 Å². The van der Waals surface area contributed by atoms with Gasteiger partial charge in [-0.1, -0.05) is 40.0 Å². The van der Waals surface area contributed by atoms with Crippen molar-refractivity contribution in [2.45, 2.75) is 71.8 Å². The van der Waals surface area contributed by atoms with Crippen molar-refractivity contribution in [1.29, 1.82) is 0 Å². The molecule has 0 heterocycles. The second kappa shape index (κ2) is 7.78. The molecule has 1 aliphatic rings. The Morgan fingerprint density at radius 1 is 1.22 bits per heavy atom. The van der Waals surface area contributed by atoms with Crippen molar-refractivity contribution in [3.8, 4) is 0 Å². The molecule has 0 spiro atoms. The van der Waals surface area contributed by atoms with Crippen molar-refractivity contribution in [3.05, 3.63) is 0 Å². The molecule has 0 aliphatic heterocycles. The summed E-state index contributed by atoms with van der Waals surface area (Å²) in [6.07, 6.45) is 8.13. The van der Waals surface area contributed by atoms with Crippen LogP contribution in [0.3, 0.4) is 0 Å². The maximum atomic E-state index is 11.7. The number of carbonyl (C=O) groups is 1. The Balaban J connectivity index is 2.09. The van der Waals surface area contributed by atoms with Crippen LogP contribution in [0.2, 0.25) is 0 Å². The molecule has 2 N–H and O–H groups in total. The van der Waals surface area contributed by atoms with E-state index in [2.05, 4.69) is 31.4 Å². The van der Waals surface area contributed by atoms with Gasteiger partial charge in [0.1, 0.15) is 0 Å². The average molecular weight is 254 g/mol. The molecule has 3 nitrogen and oxygen atoms in total. The van der Waals surface area contributed by atoms with E-state index in [1.165, 1.54) is 32.1 Å². The molecule has 1 aliphatic carbocycles. The lowest BCUT2D eigenvalue weighted by atomic mass is 9.76. The molecule has 3 heteroatoms. The summed E-state index contributed by atoms with van der Waals surface area (Å²) in [5.41, 5.74) is 0.351. The van der Waals surface area contributed by atoms with Crippen molar-refractivity contribution in [3.63, 3.8) is 0 Å². The minimum atomic E-state index is 0.215. The van der Waals surface area contributed by atoms with E-state index in [-0.39, 0.29) is 5.91 Å². The van der Waals surface area contributed by atoms with Crippen LogP contribution in [0.4, 0.5) is 0 Å². The molecule has 0 radical (unpaired) electrons. The second-order valence-electron chi connectivity index (χ2n) is 6.36. The van der Waals surface area contributed by atoms with Gasteiger partial charge in [-0.25, -0.2) is 0 Å². The predicted octanol–water partition coefficient (Wildman–Crippen LogP) is 2.85. The minimum absolute atomic E-state index is 0.215. The van der Waals surface area contributed by atoms with Gasteiger partial charge >= 0.3 is 0 Å². The molecule has 106 valence electrons. The normalized spacial score (nSPS) is 18.9. The molecule has 0 aromatic heterocycles. The van der Waals surface area contributed by atoms with Gasteiger partial charge in [0.05, 0.1) is 0 Å². The molecule has 1 fully saturated rings. The van der Waals surface area contributed by atoms with E-state index in [1.807, 2.05) is 0 Å². The van der Waals surface area contributed by atoms with Gasteiger partial charge in [0.2, 0.25) is 5.91 Å². The van der Waals surface area contributed by atoms with Gasteiger partial charge in [-0.3, -0.25) is 4.79 Å². The number of hydrogen-bond donors (Lipinski definition) is 2. The van der Waals surface area contributed by atoms with Crippen LogP contribution in [0.25, 0.3) is 0 Å². The first-order valence-electron chi connectivity index (χ1n) is 7.52. The lowest BCUT2D eigenvalue weighted by molar-refractivity contribution is -0.121. The molecule has 0 saturated heterocycles. The van der Waals surface area contributed by atoms with Gasteiger partial charge in [-0.15, -0.1) is 0 Å². The van der Waals surface area contributed by atoms with Gasteiger partial charge in [-0.05, 0) is 31.2 Å². The van der Waals surface area contributed by atoms with Crippen LogP contribution in [0.5, 0.6) is 0 Å². The van der Waals surface area contributed by atoms with Gasteiger partial charge in [0.25, 0.3) is 0 Å². The van der Waals surface area contributed by atoms with Crippen molar-refractivity contribution in [1.82, 2.24) is 10.6 Å². The highest BCUT2D eigenvalue weighted by atomic mass is 16.1. The zero-order valence-electron chi connectivity index (χ0n) is 12.3. The summed E-state index contributed by atoms with van der Waals surface area (Å²) in [4.78, 5) is 11.7. The van der Waals surface area contributed by atoms with E-state index in [4.69, 9.17) is 0 Å². The highest BCUT2D eigenvalue weighted by Gasteiger charge is 2.26. The first-order chi connectivity index (χ1) is 8.52. The average Bonchev–Trinajstić information content (AvgIpc) is 2.33. The lowest BCUT2D eigenvalue weighted by Gasteiger charge is -2.33. The summed E-state index contributed by atoms with van der Waals surface area (Å²) in [5.74, 6) is 0.215. The molecular formula is C15H30N2O. The molecular weight excluding hydrogens is 224 g/mol. The van der Waals surface area contributed by atoms with Crippen LogP contribution in [-0.4, -0.2) is 25.0 Å². The third-order valence-electron chi connectivity index (χ3n) is 3.91. The molecule has 0 aromatic rings. The summed E-state index contributed by atoms with van der Waals surface area (Å²) in [5, 5.41) is 6.45. The third-order valence-corrected chi connectivity index (χ3v) is 3.91. The minimum Gasteiger partial charge on any atom is -0.356 e. The highest BCUT2D eigenvalue weighted by molar-refractivity contribution is 5.75. The number of hydrogen-bond acceptors (Lipinski definition) is 2. The number of rotatable bonds is 7. The van der Waals surface area contributed by atoms with Crippen LogP contribution < -0.4 is 10.6 Å². The van der Waals surface area contributed by atoms with Crippen LogP contribution in [-0.2, 0) is 4.79 Å². The van der Waals surface area contributed by atoms with E-state index in [0.29, 0.717) is 17.9 Å². The van der Waals surface area contributed by atoms with E-state index < -0.39 is 0 Å². The van der Waals surface area contributed by atoms with Crippen LogP contribution >= 0.6 is 0 Å². The molecule has 0 atom stereocenters. The van der Waals surface area contributed by atoms with Crippen LogP contribution in [0.1, 0.15) is 65.7 Å². The van der Waals surface area contributed by atoms with Gasteiger partial charge in [0.15, 0.2) is 0 Å². The SMILES string of the molecule is CC(C)NCCCC(=O)NCC1(C)CCCCC1. The quantitative estimate of drug-likeness (QED) is 0.686. The summed E-state index contributed by atoms with van der Waals surface area (Å²) in [6, 6.07) is 0.509. The largest absolute Gasteiger partial charge is 0.356 e. The standard InChI is InChI=1S/C15H30N2O/c1-13(2)16-11-7-8-14(18)17-12-15(3)9-5-4-6-10-15/h13,16H,4-12H2,1-3H3,(H,17,18). The van der Waals surface area contributed by atoms with Crippen molar-refractivity contribution in [2.24, 2.45) is 5.41 Å². The first kappa shape index (κ1) is 15.5. The number of amides is 1. The molecule has 0 aromatic carbocycles. The van der Waals surface area contributed by atoms with E-state index >= 15 is 0 Å². The summed E-state index contributed by atoms with van der Waals surface area (Å²) < 4.78 is 0. The van der Waals surface area contributed by atoms with E-state index in [9.17, 15) is 4.79 Å². The topological polar surface area (TPSA) is 41.1 Å².